The third kappa shape index (κ3) is 1.59. The Morgan fingerprint density at radius 1 is 1.28 bits per heavy atom. The van der Waals surface area contributed by atoms with Crippen molar-refractivity contribution in [1.29, 1.82) is 0 Å². The Kier molecular flexibility index (Phi) is 2.76. The molecule has 0 spiro atoms. The average molecular weight is 255 g/mol. The molecule has 90 valence electrons. The summed E-state index contributed by atoms with van der Waals surface area (Å²) in [7, 11) is 0. The highest BCUT2D eigenvalue weighted by Crippen LogP contribution is 2.39. The van der Waals surface area contributed by atoms with Crippen molar-refractivity contribution in [2.24, 2.45) is 0 Å². The van der Waals surface area contributed by atoms with E-state index in [9.17, 15) is 4.79 Å². The van der Waals surface area contributed by atoms with Crippen LogP contribution >= 0.6 is 11.3 Å². The van der Waals surface area contributed by atoms with Crippen LogP contribution in [0.15, 0.2) is 54.4 Å². The van der Waals surface area contributed by atoms with Gasteiger partial charge < -0.3 is 4.90 Å². The Labute approximate surface area is 110 Å². The van der Waals surface area contributed by atoms with Crippen LogP contribution in [-0.2, 0) is 0 Å². The first-order valence-corrected chi connectivity index (χ1v) is 6.75. The predicted molar refractivity (Wildman–Crippen MR) is 73.8 cm³/mol. The van der Waals surface area contributed by atoms with Gasteiger partial charge in [-0.1, -0.05) is 30.3 Å². The van der Waals surface area contributed by atoms with Crippen LogP contribution in [0.5, 0.6) is 0 Å². The van der Waals surface area contributed by atoms with Gasteiger partial charge in [-0.25, -0.2) is 0 Å². The summed E-state index contributed by atoms with van der Waals surface area (Å²) in [6.07, 6.45) is 1.78. The van der Waals surface area contributed by atoms with Gasteiger partial charge in [0.05, 0.1) is 6.04 Å². The van der Waals surface area contributed by atoms with E-state index >= 15 is 0 Å². The van der Waals surface area contributed by atoms with Gasteiger partial charge in [-0.3, -0.25) is 4.79 Å². The largest absolute Gasteiger partial charge is 0.323 e. The van der Waals surface area contributed by atoms with Crippen molar-refractivity contribution in [1.82, 2.24) is 4.90 Å². The Bertz CT molecular complexity index is 588. The molecule has 1 unspecified atom stereocenters. The molecule has 0 N–H and O–H groups in total. The number of nitrogens with zero attached hydrogens (tertiary/aromatic N) is 1. The number of carbonyl (C=O) groups excluding carboxylic acids is 1. The molecule has 0 radical (unpaired) electrons. The lowest BCUT2D eigenvalue weighted by Crippen LogP contribution is -2.28. The second-order valence-corrected chi connectivity index (χ2v) is 5.23. The standard InChI is InChI=1S/C15H13NOS/c1-2-9-16-14(13-8-5-10-18-13)11-6-3-4-7-12(11)15(16)17/h2-8,10,14H,1,9H2. The normalized spacial score (nSPS) is 17.9. The SMILES string of the molecule is C=CCN1C(=O)c2ccccc2C1c1cccs1. The Hall–Kier alpha value is -1.87. The van der Waals surface area contributed by atoms with E-state index in [-0.39, 0.29) is 11.9 Å². The van der Waals surface area contributed by atoms with E-state index in [1.54, 1.807) is 17.4 Å². The zero-order chi connectivity index (χ0) is 12.5. The molecule has 1 aliphatic rings. The smallest absolute Gasteiger partial charge is 0.255 e. The van der Waals surface area contributed by atoms with Crippen molar-refractivity contribution >= 4 is 17.2 Å². The third-order valence-corrected chi connectivity index (χ3v) is 4.12. The summed E-state index contributed by atoms with van der Waals surface area (Å²) in [6.45, 7) is 4.33. The van der Waals surface area contributed by atoms with Crippen LogP contribution in [-0.4, -0.2) is 17.4 Å². The second-order valence-electron chi connectivity index (χ2n) is 4.25. The average Bonchev–Trinajstić information content (AvgIpc) is 2.99. The Morgan fingerprint density at radius 3 is 2.83 bits per heavy atom. The van der Waals surface area contributed by atoms with Crippen LogP contribution in [0.4, 0.5) is 0 Å². The summed E-state index contributed by atoms with van der Waals surface area (Å²) in [5.41, 5.74) is 1.92. The number of thiophene rings is 1. The van der Waals surface area contributed by atoms with Crippen molar-refractivity contribution in [3.05, 3.63) is 70.4 Å². The van der Waals surface area contributed by atoms with Gasteiger partial charge in [0.25, 0.3) is 5.91 Å². The van der Waals surface area contributed by atoms with Crippen molar-refractivity contribution in [2.75, 3.05) is 6.54 Å². The van der Waals surface area contributed by atoms with E-state index in [0.29, 0.717) is 6.54 Å². The van der Waals surface area contributed by atoms with Crippen LogP contribution < -0.4 is 0 Å². The van der Waals surface area contributed by atoms with Gasteiger partial charge in [-0.05, 0) is 23.1 Å². The number of benzene rings is 1. The second kappa shape index (κ2) is 4.42. The lowest BCUT2D eigenvalue weighted by molar-refractivity contribution is 0.0772. The maximum Gasteiger partial charge on any atom is 0.255 e. The lowest BCUT2D eigenvalue weighted by Gasteiger charge is -2.23. The molecule has 2 aromatic rings. The molecular weight excluding hydrogens is 242 g/mol. The van der Waals surface area contributed by atoms with Gasteiger partial charge >= 0.3 is 0 Å². The first-order valence-electron chi connectivity index (χ1n) is 5.87. The van der Waals surface area contributed by atoms with Crippen LogP contribution in [0.25, 0.3) is 0 Å². The molecule has 0 fully saturated rings. The first-order chi connectivity index (χ1) is 8.83. The summed E-state index contributed by atoms with van der Waals surface area (Å²) in [5, 5.41) is 2.05. The van der Waals surface area contributed by atoms with Crippen LogP contribution in [0.1, 0.15) is 26.8 Å². The molecule has 0 saturated heterocycles. The van der Waals surface area contributed by atoms with E-state index in [2.05, 4.69) is 12.6 Å². The molecule has 3 heteroatoms. The minimum absolute atomic E-state index is 0.0479. The quantitative estimate of drug-likeness (QED) is 0.769. The van der Waals surface area contributed by atoms with Crippen LogP contribution in [0.2, 0.25) is 0 Å². The fraction of sp³-hybridized carbons (Fsp3) is 0.133. The van der Waals surface area contributed by atoms with Crippen LogP contribution in [0, 0.1) is 0 Å². The maximum atomic E-state index is 12.4. The highest BCUT2D eigenvalue weighted by atomic mass is 32.1. The van der Waals surface area contributed by atoms with Crippen molar-refractivity contribution in [3.63, 3.8) is 0 Å². The van der Waals surface area contributed by atoms with Gasteiger partial charge in [-0.15, -0.1) is 17.9 Å². The number of amides is 1. The molecule has 0 aliphatic carbocycles. The third-order valence-electron chi connectivity index (χ3n) is 3.20. The zero-order valence-corrected chi connectivity index (χ0v) is 10.7. The number of rotatable bonds is 3. The summed E-state index contributed by atoms with van der Waals surface area (Å²) < 4.78 is 0. The number of fused-ring (bicyclic) bond motifs is 1. The minimum Gasteiger partial charge on any atom is -0.323 e. The van der Waals surface area contributed by atoms with Gasteiger partial charge in [0.2, 0.25) is 0 Å². The monoisotopic (exact) mass is 255 g/mol. The molecule has 3 rings (SSSR count). The first kappa shape index (κ1) is 11.2. The van der Waals surface area contributed by atoms with Gasteiger partial charge in [-0.2, -0.15) is 0 Å². The molecule has 1 atom stereocenters. The molecule has 2 nitrogen and oxygen atoms in total. The number of hydrogen-bond donors (Lipinski definition) is 0. The molecule has 1 aromatic heterocycles. The van der Waals surface area contributed by atoms with E-state index in [1.807, 2.05) is 40.6 Å². The summed E-state index contributed by atoms with van der Waals surface area (Å²) in [6, 6.07) is 12.0. The fourth-order valence-corrected chi connectivity index (χ4v) is 3.31. The Morgan fingerprint density at radius 2 is 2.11 bits per heavy atom. The van der Waals surface area contributed by atoms with E-state index in [1.165, 1.54) is 4.88 Å². The van der Waals surface area contributed by atoms with E-state index in [0.717, 1.165) is 11.1 Å². The highest BCUT2D eigenvalue weighted by molar-refractivity contribution is 7.10. The van der Waals surface area contributed by atoms with Crippen molar-refractivity contribution in [2.45, 2.75) is 6.04 Å². The summed E-state index contributed by atoms with van der Waals surface area (Å²) >= 11 is 1.69. The molecule has 0 saturated carbocycles. The fourth-order valence-electron chi connectivity index (χ4n) is 2.45. The molecule has 1 aliphatic heterocycles. The molecule has 0 bridgehead atoms. The Balaban J connectivity index is 2.13. The number of carbonyl (C=O) groups is 1. The van der Waals surface area contributed by atoms with Crippen molar-refractivity contribution in [3.8, 4) is 0 Å². The van der Waals surface area contributed by atoms with Gasteiger partial charge in [0.1, 0.15) is 0 Å². The van der Waals surface area contributed by atoms with Gasteiger partial charge in [0.15, 0.2) is 0 Å². The van der Waals surface area contributed by atoms with Crippen molar-refractivity contribution < 1.29 is 4.79 Å². The predicted octanol–water partition coefficient (Wildman–Crippen LogP) is 3.48. The molecule has 1 amide bonds. The molecule has 18 heavy (non-hydrogen) atoms. The van der Waals surface area contributed by atoms with Gasteiger partial charge in [0, 0.05) is 17.0 Å². The summed E-state index contributed by atoms with van der Waals surface area (Å²) in [5.74, 6) is 0.101. The summed E-state index contributed by atoms with van der Waals surface area (Å²) in [4.78, 5) is 15.5. The molecule has 2 heterocycles. The maximum absolute atomic E-state index is 12.4. The number of hydrogen-bond acceptors (Lipinski definition) is 2. The minimum atomic E-state index is 0.0479. The van der Waals surface area contributed by atoms with E-state index in [4.69, 9.17) is 0 Å². The topological polar surface area (TPSA) is 20.3 Å². The lowest BCUT2D eigenvalue weighted by atomic mass is 10.0. The highest BCUT2D eigenvalue weighted by Gasteiger charge is 2.36. The van der Waals surface area contributed by atoms with E-state index < -0.39 is 0 Å². The molecule has 1 aromatic carbocycles. The zero-order valence-electron chi connectivity index (χ0n) is 9.87. The van der Waals surface area contributed by atoms with Crippen LogP contribution in [0.3, 0.4) is 0 Å². The molecular formula is C15H13NOS.